The van der Waals surface area contributed by atoms with Crippen molar-refractivity contribution in [3.8, 4) is 11.5 Å². The molecule has 0 bridgehead atoms. The molecular formula is C20H18ClFN2O3. The normalized spacial score (nSPS) is 14.8. The van der Waals surface area contributed by atoms with Crippen molar-refractivity contribution in [3.63, 3.8) is 0 Å². The fourth-order valence-corrected chi connectivity index (χ4v) is 3.67. The lowest BCUT2D eigenvalue weighted by Gasteiger charge is -2.18. The maximum Gasteiger partial charge on any atom is 0.235 e. The quantitative estimate of drug-likeness (QED) is 0.668. The minimum Gasteiger partial charge on any atom is -0.495 e. The highest BCUT2D eigenvalue weighted by Crippen LogP contribution is 2.51. The van der Waals surface area contributed by atoms with Crippen molar-refractivity contribution in [2.75, 3.05) is 19.5 Å². The molecule has 1 aliphatic rings. The Hall–Kier alpha value is -2.73. The largest absolute Gasteiger partial charge is 0.495 e. The van der Waals surface area contributed by atoms with Gasteiger partial charge in [0.05, 0.1) is 30.3 Å². The second-order valence-electron chi connectivity index (χ2n) is 6.62. The van der Waals surface area contributed by atoms with E-state index in [-0.39, 0.29) is 11.7 Å². The third-order valence-corrected chi connectivity index (χ3v) is 5.36. The number of ether oxygens (including phenoxy) is 2. The van der Waals surface area contributed by atoms with E-state index in [1.165, 1.54) is 26.4 Å². The van der Waals surface area contributed by atoms with Gasteiger partial charge in [-0.25, -0.2) is 4.39 Å². The molecule has 2 aromatic carbocycles. The molecule has 1 aromatic heterocycles. The van der Waals surface area contributed by atoms with E-state index < -0.39 is 5.41 Å². The molecule has 140 valence electrons. The van der Waals surface area contributed by atoms with Crippen LogP contribution in [0.15, 0.2) is 36.5 Å². The number of nitrogens with one attached hydrogen (secondary N) is 2. The summed E-state index contributed by atoms with van der Waals surface area (Å²) in [6.07, 6.45) is 3.22. The summed E-state index contributed by atoms with van der Waals surface area (Å²) in [6.45, 7) is 0. The van der Waals surface area contributed by atoms with Crippen LogP contribution in [0.4, 0.5) is 10.1 Å². The Kier molecular flexibility index (Phi) is 4.23. The molecule has 0 spiro atoms. The van der Waals surface area contributed by atoms with E-state index in [1.807, 2.05) is 0 Å². The van der Waals surface area contributed by atoms with Crippen molar-refractivity contribution in [2.24, 2.45) is 0 Å². The summed E-state index contributed by atoms with van der Waals surface area (Å²) >= 11 is 6.13. The van der Waals surface area contributed by atoms with Gasteiger partial charge in [0.2, 0.25) is 5.91 Å². The fourth-order valence-electron chi connectivity index (χ4n) is 3.44. The number of halogens is 2. The average Bonchev–Trinajstić information content (AvgIpc) is 3.36. The van der Waals surface area contributed by atoms with E-state index in [0.29, 0.717) is 27.7 Å². The zero-order valence-electron chi connectivity index (χ0n) is 14.9. The summed E-state index contributed by atoms with van der Waals surface area (Å²) in [5, 5.41) is 4.19. The first-order valence-electron chi connectivity index (χ1n) is 8.48. The highest BCUT2D eigenvalue weighted by molar-refractivity contribution is 6.32. The van der Waals surface area contributed by atoms with Crippen LogP contribution in [0.2, 0.25) is 5.02 Å². The second kappa shape index (κ2) is 6.46. The van der Waals surface area contributed by atoms with Gasteiger partial charge in [0.25, 0.3) is 0 Å². The lowest BCUT2D eigenvalue weighted by molar-refractivity contribution is -0.118. The van der Waals surface area contributed by atoms with Gasteiger partial charge in [-0.15, -0.1) is 0 Å². The van der Waals surface area contributed by atoms with Crippen LogP contribution in [-0.2, 0) is 10.2 Å². The maximum absolute atomic E-state index is 13.5. The first-order chi connectivity index (χ1) is 13.0. The van der Waals surface area contributed by atoms with Gasteiger partial charge in [-0.3, -0.25) is 4.79 Å². The number of fused-ring (bicyclic) bond motifs is 1. The Bertz CT molecular complexity index is 1040. The molecule has 1 amide bonds. The fraction of sp³-hybridized carbons (Fsp3) is 0.250. The van der Waals surface area contributed by atoms with Gasteiger partial charge in [0, 0.05) is 29.2 Å². The number of carbonyl (C=O) groups excluding carboxylic acids is 1. The number of rotatable bonds is 5. The number of hydrogen-bond acceptors (Lipinski definition) is 3. The average molecular weight is 389 g/mol. The van der Waals surface area contributed by atoms with Crippen molar-refractivity contribution >= 4 is 34.1 Å². The molecular weight excluding hydrogens is 371 g/mol. The summed E-state index contributed by atoms with van der Waals surface area (Å²) in [5.74, 6) is 0.435. The lowest BCUT2D eigenvalue weighted by Crippen LogP contribution is -2.27. The zero-order valence-corrected chi connectivity index (χ0v) is 15.6. The molecule has 5 nitrogen and oxygen atoms in total. The second-order valence-corrected chi connectivity index (χ2v) is 7.02. The number of benzene rings is 2. The minimum atomic E-state index is -0.645. The molecule has 0 unspecified atom stereocenters. The molecule has 4 rings (SSSR count). The number of carbonyl (C=O) groups is 1. The first-order valence-corrected chi connectivity index (χ1v) is 8.86. The van der Waals surface area contributed by atoms with E-state index in [2.05, 4.69) is 10.3 Å². The van der Waals surface area contributed by atoms with Gasteiger partial charge >= 0.3 is 0 Å². The summed E-state index contributed by atoms with van der Waals surface area (Å²) in [7, 11) is 3.02. The molecule has 1 saturated carbocycles. The van der Waals surface area contributed by atoms with Crippen molar-refractivity contribution < 1.29 is 18.7 Å². The molecule has 0 aliphatic heterocycles. The molecule has 0 radical (unpaired) electrons. The van der Waals surface area contributed by atoms with Gasteiger partial charge < -0.3 is 19.8 Å². The summed E-state index contributed by atoms with van der Waals surface area (Å²) < 4.78 is 24.0. The van der Waals surface area contributed by atoms with Crippen LogP contribution in [-0.4, -0.2) is 25.1 Å². The molecule has 3 aromatic rings. The van der Waals surface area contributed by atoms with Crippen LogP contribution in [0, 0.1) is 5.82 Å². The van der Waals surface area contributed by atoms with Crippen LogP contribution in [0.3, 0.4) is 0 Å². The van der Waals surface area contributed by atoms with Gasteiger partial charge in [-0.1, -0.05) is 11.6 Å². The van der Waals surface area contributed by atoms with Crippen LogP contribution in [0.1, 0.15) is 18.4 Å². The number of H-pyrrole nitrogens is 1. The Labute approximate surface area is 160 Å². The first kappa shape index (κ1) is 17.7. The van der Waals surface area contributed by atoms with E-state index >= 15 is 0 Å². The highest BCUT2D eigenvalue weighted by Gasteiger charge is 2.52. The third-order valence-electron chi connectivity index (χ3n) is 5.07. The number of anilines is 1. The van der Waals surface area contributed by atoms with E-state index in [4.69, 9.17) is 21.1 Å². The standard InChI is InChI=1S/C20H18ClFN2O3/c1-26-17-9-16(18(27-2)8-14(17)21)24-19(25)20(5-6-20)13-10-23-15-7-11(22)3-4-12(13)15/h3-4,7-10,23H,5-6H2,1-2H3,(H,24,25). The molecule has 0 atom stereocenters. The Morgan fingerprint density at radius 1 is 1.19 bits per heavy atom. The Morgan fingerprint density at radius 2 is 1.93 bits per heavy atom. The Balaban J connectivity index is 1.69. The van der Waals surface area contributed by atoms with Crippen molar-refractivity contribution in [3.05, 3.63) is 52.9 Å². The van der Waals surface area contributed by atoms with Gasteiger partial charge in [0.1, 0.15) is 17.3 Å². The smallest absolute Gasteiger partial charge is 0.235 e. The van der Waals surface area contributed by atoms with Gasteiger partial charge in [-0.2, -0.15) is 0 Å². The summed E-state index contributed by atoms with van der Waals surface area (Å²) in [4.78, 5) is 16.2. The highest BCUT2D eigenvalue weighted by atomic mass is 35.5. The van der Waals surface area contributed by atoms with E-state index in [1.54, 1.807) is 24.4 Å². The summed E-state index contributed by atoms with van der Waals surface area (Å²) in [6, 6.07) is 7.78. The number of aromatic amines is 1. The molecule has 7 heteroatoms. The van der Waals surface area contributed by atoms with Crippen LogP contribution in [0.25, 0.3) is 10.9 Å². The number of amides is 1. The zero-order chi connectivity index (χ0) is 19.2. The number of hydrogen-bond donors (Lipinski definition) is 2. The van der Waals surface area contributed by atoms with Crippen molar-refractivity contribution in [1.29, 1.82) is 0 Å². The SMILES string of the molecule is COc1cc(NC(=O)C2(c3c[nH]c4cc(F)ccc34)CC2)c(OC)cc1Cl. The lowest BCUT2D eigenvalue weighted by atomic mass is 9.94. The topological polar surface area (TPSA) is 63.3 Å². The third kappa shape index (κ3) is 2.90. The van der Waals surface area contributed by atoms with Crippen LogP contribution in [0.5, 0.6) is 11.5 Å². The molecule has 1 aliphatic carbocycles. The van der Waals surface area contributed by atoms with Crippen molar-refractivity contribution in [2.45, 2.75) is 18.3 Å². The van der Waals surface area contributed by atoms with Gasteiger partial charge in [0.15, 0.2) is 0 Å². The predicted molar refractivity (Wildman–Crippen MR) is 102 cm³/mol. The number of methoxy groups -OCH3 is 2. The number of aromatic nitrogens is 1. The van der Waals surface area contributed by atoms with Crippen LogP contribution >= 0.6 is 11.6 Å². The van der Waals surface area contributed by atoms with Gasteiger partial charge in [-0.05, 0) is 36.6 Å². The van der Waals surface area contributed by atoms with Crippen molar-refractivity contribution in [1.82, 2.24) is 4.98 Å². The molecule has 1 heterocycles. The monoisotopic (exact) mass is 388 g/mol. The molecule has 1 fully saturated rings. The molecule has 27 heavy (non-hydrogen) atoms. The molecule has 2 N–H and O–H groups in total. The predicted octanol–water partition coefficient (Wildman–Crippen LogP) is 4.65. The maximum atomic E-state index is 13.5. The minimum absolute atomic E-state index is 0.143. The molecule has 0 saturated heterocycles. The van der Waals surface area contributed by atoms with E-state index in [0.717, 1.165) is 23.8 Å². The summed E-state index contributed by atoms with van der Waals surface area (Å²) in [5.41, 5.74) is 1.39. The Morgan fingerprint density at radius 3 is 2.59 bits per heavy atom. The van der Waals surface area contributed by atoms with Crippen LogP contribution < -0.4 is 14.8 Å². The van der Waals surface area contributed by atoms with E-state index in [9.17, 15) is 9.18 Å².